The quantitative estimate of drug-likeness (QED) is 0.774. The van der Waals surface area contributed by atoms with Gasteiger partial charge >= 0.3 is 6.18 Å². The van der Waals surface area contributed by atoms with Crippen LogP contribution in [-0.2, 0) is 22.6 Å². The minimum Gasteiger partial charge on any atom is -0.357 e. The van der Waals surface area contributed by atoms with Crippen molar-refractivity contribution in [3.63, 3.8) is 0 Å². The SMILES string of the molecule is O=C1CC(C(=O)N2CCc3[nH]c4c(Br)cccc4c3C2)CN1CC(F)(F)F. The Kier molecular flexibility index (Phi) is 4.44. The first kappa shape index (κ1) is 18.3. The first-order valence-electron chi connectivity index (χ1n) is 8.64. The van der Waals surface area contributed by atoms with Crippen LogP contribution >= 0.6 is 15.9 Å². The van der Waals surface area contributed by atoms with Gasteiger partial charge < -0.3 is 14.8 Å². The molecule has 0 bridgehead atoms. The largest absolute Gasteiger partial charge is 0.406 e. The van der Waals surface area contributed by atoms with E-state index in [1.54, 1.807) is 4.90 Å². The van der Waals surface area contributed by atoms with Gasteiger partial charge in [-0.3, -0.25) is 9.59 Å². The second-order valence-electron chi connectivity index (χ2n) is 7.04. The van der Waals surface area contributed by atoms with Crippen molar-refractivity contribution in [1.82, 2.24) is 14.8 Å². The number of nitrogens with zero attached hydrogens (tertiary/aromatic N) is 2. The molecule has 27 heavy (non-hydrogen) atoms. The van der Waals surface area contributed by atoms with Crippen molar-refractivity contribution in [2.24, 2.45) is 5.92 Å². The summed E-state index contributed by atoms with van der Waals surface area (Å²) in [4.78, 5) is 30.5. The van der Waals surface area contributed by atoms with Crippen LogP contribution in [0, 0.1) is 5.92 Å². The Morgan fingerprint density at radius 3 is 2.85 bits per heavy atom. The number of aromatic nitrogens is 1. The fraction of sp³-hybridized carbons (Fsp3) is 0.444. The number of amides is 2. The summed E-state index contributed by atoms with van der Waals surface area (Å²) >= 11 is 3.51. The lowest BCUT2D eigenvalue weighted by molar-refractivity contribution is -0.157. The molecule has 1 atom stereocenters. The highest BCUT2D eigenvalue weighted by molar-refractivity contribution is 9.10. The van der Waals surface area contributed by atoms with Crippen LogP contribution < -0.4 is 0 Å². The van der Waals surface area contributed by atoms with Gasteiger partial charge in [0, 0.05) is 53.6 Å². The van der Waals surface area contributed by atoms with Crippen molar-refractivity contribution < 1.29 is 22.8 Å². The number of para-hydroxylation sites is 1. The average molecular weight is 444 g/mol. The van der Waals surface area contributed by atoms with Crippen LogP contribution in [0.15, 0.2) is 22.7 Å². The molecule has 0 radical (unpaired) electrons. The highest BCUT2D eigenvalue weighted by Gasteiger charge is 2.42. The third-order valence-corrected chi connectivity index (χ3v) is 5.87. The van der Waals surface area contributed by atoms with Gasteiger partial charge in [0.1, 0.15) is 6.54 Å². The highest BCUT2D eigenvalue weighted by Crippen LogP contribution is 2.33. The minimum absolute atomic E-state index is 0.155. The van der Waals surface area contributed by atoms with Crippen molar-refractivity contribution >= 4 is 38.6 Å². The van der Waals surface area contributed by atoms with Gasteiger partial charge in [-0.1, -0.05) is 12.1 Å². The van der Waals surface area contributed by atoms with Gasteiger partial charge in [-0.2, -0.15) is 13.2 Å². The molecule has 1 saturated heterocycles. The molecule has 1 unspecified atom stereocenters. The molecule has 9 heteroatoms. The van der Waals surface area contributed by atoms with E-state index in [2.05, 4.69) is 20.9 Å². The second kappa shape index (κ2) is 6.54. The second-order valence-corrected chi connectivity index (χ2v) is 7.90. The van der Waals surface area contributed by atoms with E-state index < -0.39 is 24.5 Å². The average Bonchev–Trinajstić information content (AvgIpc) is 3.14. The lowest BCUT2D eigenvalue weighted by atomic mass is 10.0. The van der Waals surface area contributed by atoms with E-state index in [4.69, 9.17) is 0 Å². The standard InChI is InChI=1S/C18H17BrF3N3O2/c19-13-3-1-2-11-12-8-24(5-4-14(12)23-16(11)13)17(27)10-6-15(26)25(7-10)9-18(20,21)22/h1-3,10,23H,4-9H2. The molecule has 144 valence electrons. The third-order valence-electron chi connectivity index (χ3n) is 5.21. The molecule has 0 saturated carbocycles. The summed E-state index contributed by atoms with van der Waals surface area (Å²) in [5.41, 5.74) is 3.08. The zero-order valence-corrected chi connectivity index (χ0v) is 15.9. The topological polar surface area (TPSA) is 56.4 Å². The molecule has 3 heterocycles. The number of H-pyrrole nitrogens is 1. The summed E-state index contributed by atoms with van der Waals surface area (Å²) in [6.07, 6.45) is -3.96. The highest BCUT2D eigenvalue weighted by atomic mass is 79.9. The van der Waals surface area contributed by atoms with Gasteiger partial charge in [-0.05, 0) is 22.0 Å². The van der Waals surface area contributed by atoms with E-state index in [1.165, 1.54) is 0 Å². The Morgan fingerprint density at radius 2 is 2.11 bits per heavy atom. The number of carbonyl (C=O) groups is 2. The lowest BCUT2D eigenvalue weighted by Crippen LogP contribution is -2.41. The maximum absolute atomic E-state index is 12.8. The maximum Gasteiger partial charge on any atom is 0.406 e. The molecule has 4 rings (SSSR count). The van der Waals surface area contributed by atoms with Crippen LogP contribution in [-0.4, -0.2) is 52.4 Å². The van der Waals surface area contributed by atoms with E-state index in [9.17, 15) is 22.8 Å². The van der Waals surface area contributed by atoms with Crippen LogP contribution in [0.5, 0.6) is 0 Å². The first-order valence-corrected chi connectivity index (χ1v) is 9.43. The molecule has 2 amide bonds. The maximum atomic E-state index is 12.8. The Hall–Kier alpha value is -2.03. The summed E-state index contributed by atoms with van der Waals surface area (Å²) in [5, 5.41) is 1.03. The number of rotatable bonds is 2. The van der Waals surface area contributed by atoms with Gasteiger partial charge in [-0.25, -0.2) is 0 Å². The molecule has 1 fully saturated rings. The molecular formula is C18H17BrF3N3O2. The van der Waals surface area contributed by atoms with Gasteiger partial charge in [0.25, 0.3) is 0 Å². The Morgan fingerprint density at radius 1 is 1.33 bits per heavy atom. The zero-order chi connectivity index (χ0) is 19.3. The van der Waals surface area contributed by atoms with Crippen LogP contribution in [0.3, 0.4) is 0 Å². The summed E-state index contributed by atoms with van der Waals surface area (Å²) in [7, 11) is 0. The summed E-state index contributed by atoms with van der Waals surface area (Å²) in [5.74, 6) is -1.57. The summed E-state index contributed by atoms with van der Waals surface area (Å²) < 4.78 is 38.7. The number of aromatic amines is 1. The Balaban J connectivity index is 1.51. The van der Waals surface area contributed by atoms with Crippen molar-refractivity contribution in [2.75, 3.05) is 19.6 Å². The number of likely N-dealkylation sites (tertiary alicyclic amines) is 1. The van der Waals surface area contributed by atoms with E-state index in [0.717, 1.165) is 31.5 Å². The zero-order valence-electron chi connectivity index (χ0n) is 14.3. The van der Waals surface area contributed by atoms with Crippen LogP contribution in [0.1, 0.15) is 17.7 Å². The molecule has 5 nitrogen and oxygen atoms in total. The fourth-order valence-electron chi connectivity index (χ4n) is 3.96. The van der Waals surface area contributed by atoms with Crippen LogP contribution in [0.25, 0.3) is 10.9 Å². The number of hydrogen-bond acceptors (Lipinski definition) is 2. The molecule has 2 aliphatic heterocycles. The predicted molar refractivity (Wildman–Crippen MR) is 95.9 cm³/mol. The van der Waals surface area contributed by atoms with Crippen molar-refractivity contribution in [2.45, 2.75) is 25.6 Å². The molecule has 1 aromatic carbocycles. The van der Waals surface area contributed by atoms with E-state index in [-0.39, 0.29) is 18.9 Å². The van der Waals surface area contributed by atoms with Crippen LogP contribution in [0.2, 0.25) is 0 Å². The summed E-state index contributed by atoms with van der Waals surface area (Å²) in [6, 6.07) is 5.84. The van der Waals surface area contributed by atoms with Crippen molar-refractivity contribution in [1.29, 1.82) is 0 Å². The monoisotopic (exact) mass is 443 g/mol. The normalized spacial score (nSPS) is 20.4. The van der Waals surface area contributed by atoms with Crippen molar-refractivity contribution in [3.8, 4) is 0 Å². The van der Waals surface area contributed by atoms with Gasteiger partial charge in [0.2, 0.25) is 11.8 Å². The van der Waals surface area contributed by atoms with Gasteiger partial charge in [0.05, 0.1) is 11.4 Å². The molecule has 0 aliphatic carbocycles. The fourth-order valence-corrected chi connectivity index (χ4v) is 4.42. The number of hydrogen-bond donors (Lipinski definition) is 1. The number of alkyl halides is 3. The number of halogens is 4. The predicted octanol–water partition coefficient (Wildman–Crippen LogP) is 3.23. The molecule has 2 aliphatic rings. The molecule has 0 spiro atoms. The van der Waals surface area contributed by atoms with E-state index >= 15 is 0 Å². The number of nitrogens with one attached hydrogen (secondary N) is 1. The molecule has 1 N–H and O–H groups in total. The number of fused-ring (bicyclic) bond motifs is 3. The number of carbonyl (C=O) groups excluding carboxylic acids is 2. The Labute approximate surface area is 161 Å². The molecule has 1 aromatic heterocycles. The lowest BCUT2D eigenvalue weighted by Gasteiger charge is -2.29. The van der Waals surface area contributed by atoms with Crippen LogP contribution in [0.4, 0.5) is 13.2 Å². The van der Waals surface area contributed by atoms with Gasteiger partial charge in [0.15, 0.2) is 0 Å². The smallest absolute Gasteiger partial charge is 0.357 e. The van der Waals surface area contributed by atoms with E-state index in [1.807, 2.05) is 18.2 Å². The molecular weight excluding hydrogens is 427 g/mol. The number of benzene rings is 1. The van der Waals surface area contributed by atoms with Gasteiger partial charge in [-0.15, -0.1) is 0 Å². The first-order chi connectivity index (χ1) is 12.7. The molecule has 2 aromatic rings. The van der Waals surface area contributed by atoms with Crippen molar-refractivity contribution in [3.05, 3.63) is 33.9 Å². The van der Waals surface area contributed by atoms with E-state index in [0.29, 0.717) is 19.5 Å². The summed E-state index contributed by atoms with van der Waals surface area (Å²) in [6.45, 7) is -0.578. The minimum atomic E-state index is -4.45. The Bertz CT molecular complexity index is 924. The third kappa shape index (κ3) is 3.44.